The minimum absolute atomic E-state index is 0.0893. The maximum Gasteiger partial charge on any atom is 0.139 e. The largest absolute Gasteiger partial charge is 0.384 e. The van der Waals surface area contributed by atoms with Crippen LogP contribution in [-0.2, 0) is 0 Å². The molecule has 0 amide bonds. The van der Waals surface area contributed by atoms with Crippen molar-refractivity contribution in [2.24, 2.45) is 5.73 Å². The van der Waals surface area contributed by atoms with Crippen LogP contribution in [0.3, 0.4) is 0 Å². The van der Waals surface area contributed by atoms with E-state index < -0.39 is 0 Å². The molecule has 2 rings (SSSR count). The Morgan fingerprint density at radius 1 is 1.29 bits per heavy atom. The van der Waals surface area contributed by atoms with E-state index in [2.05, 4.69) is 21.8 Å². The molecular formula is C12H19N5. The van der Waals surface area contributed by atoms with E-state index in [4.69, 9.17) is 11.1 Å². The van der Waals surface area contributed by atoms with Crippen LogP contribution in [0.25, 0.3) is 0 Å². The highest BCUT2D eigenvalue weighted by Gasteiger charge is 2.19. The van der Waals surface area contributed by atoms with Gasteiger partial charge in [0.1, 0.15) is 11.7 Å². The smallest absolute Gasteiger partial charge is 0.139 e. The van der Waals surface area contributed by atoms with Crippen molar-refractivity contribution in [2.75, 3.05) is 38.1 Å². The molecule has 1 aliphatic heterocycles. The average molecular weight is 233 g/mol. The third-order valence-corrected chi connectivity index (χ3v) is 3.11. The zero-order valence-electron chi connectivity index (χ0n) is 10.4. The van der Waals surface area contributed by atoms with Gasteiger partial charge in [-0.15, -0.1) is 0 Å². The fraction of sp³-hybridized carbons (Fsp3) is 0.500. The highest BCUT2D eigenvalue weighted by Crippen LogP contribution is 2.19. The number of nitrogens with two attached hydrogens (primary N) is 1. The van der Waals surface area contributed by atoms with Crippen LogP contribution in [0, 0.1) is 12.3 Å². The maximum atomic E-state index is 7.61. The molecule has 92 valence electrons. The first-order valence-corrected chi connectivity index (χ1v) is 5.83. The van der Waals surface area contributed by atoms with Crippen LogP contribution >= 0.6 is 0 Å². The molecule has 0 unspecified atom stereocenters. The Kier molecular flexibility index (Phi) is 3.28. The van der Waals surface area contributed by atoms with Crippen molar-refractivity contribution in [3.8, 4) is 0 Å². The molecule has 2 heterocycles. The Hall–Kier alpha value is -1.62. The van der Waals surface area contributed by atoms with Gasteiger partial charge in [-0.1, -0.05) is 0 Å². The predicted molar refractivity (Wildman–Crippen MR) is 69.7 cm³/mol. The molecule has 0 atom stereocenters. The summed E-state index contributed by atoms with van der Waals surface area (Å²) >= 11 is 0. The lowest BCUT2D eigenvalue weighted by Crippen LogP contribution is -2.45. The molecule has 0 aliphatic carbocycles. The molecule has 5 nitrogen and oxygen atoms in total. The van der Waals surface area contributed by atoms with E-state index in [0.717, 1.165) is 43.3 Å². The first kappa shape index (κ1) is 11.9. The standard InChI is InChI=1S/C12H19N5/c1-9-3-4-10(11(13)14)12(15-9)17-7-5-16(2)6-8-17/h3-4H,5-8H2,1-2H3,(H3,13,14). The van der Waals surface area contributed by atoms with E-state index in [-0.39, 0.29) is 5.84 Å². The summed E-state index contributed by atoms with van der Waals surface area (Å²) in [6.07, 6.45) is 0. The molecule has 1 aliphatic rings. The normalized spacial score (nSPS) is 17.2. The van der Waals surface area contributed by atoms with Crippen LogP contribution < -0.4 is 10.6 Å². The van der Waals surface area contributed by atoms with Crippen molar-refractivity contribution in [2.45, 2.75) is 6.92 Å². The van der Waals surface area contributed by atoms with E-state index in [9.17, 15) is 0 Å². The third kappa shape index (κ3) is 2.55. The molecule has 1 fully saturated rings. The van der Waals surface area contributed by atoms with Gasteiger partial charge in [0.2, 0.25) is 0 Å². The van der Waals surface area contributed by atoms with Crippen LogP contribution in [0.2, 0.25) is 0 Å². The first-order valence-electron chi connectivity index (χ1n) is 5.83. The summed E-state index contributed by atoms with van der Waals surface area (Å²) in [5.41, 5.74) is 7.30. The molecule has 1 aromatic heterocycles. The summed E-state index contributed by atoms with van der Waals surface area (Å²) in [6.45, 7) is 5.88. The van der Waals surface area contributed by atoms with E-state index in [1.807, 2.05) is 19.1 Å². The predicted octanol–water partition coefficient (Wildman–Crippen LogP) is 0.426. The Labute approximate surface area is 102 Å². The van der Waals surface area contributed by atoms with Gasteiger partial charge in [-0.3, -0.25) is 5.41 Å². The van der Waals surface area contributed by atoms with Gasteiger partial charge in [-0.05, 0) is 26.1 Å². The third-order valence-electron chi connectivity index (χ3n) is 3.11. The SMILES string of the molecule is Cc1ccc(C(=N)N)c(N2CCN(C)CC2)n1. The zero-order chi connectivity index (χ0) is 12.4. The lowest BCUT2D eigenvalue weighted by atomic mass is 10.2. The molecular weight excluding hydrogens is 214 g/mol. The van der Waals surface area contributed by atoms with Crippen molar-refractivity contribution in [1.82, 2.24) is 9.88 Å². The van der Waals surface area contributed by atoms with Crippen LogP contribution in [0.4, 0.5) is 5.82 Å². The summed E-state index contributed by atoms with van der Waals surface area (Å²) in [5.74, 6) is 0.942. The molecule has 17 heavy (non-hydrogen) atoms. The topological polar surface area (TPSA) is 69.2 Å². The van der Waals surface area contributed by atoms with Gasteiger partial charge < -0.3 is 15.5 Å². The summed E-state index contributed by atoms with van der Waals surface area (Å²) in [6, 6.07) is 3.79. The van der Waals surface area contributed by atoms with Crippen molar-refractivity contribution in [1.29, 1.82) is 5.41 Å². The van der Waals surface area contributed by atoms with E-state index >= 15 is 0 Å². The van der Waals surface area contributed by atoms with Crippen LogP contribution in [0.5, 0.6) is 0 Å². The number of anilines is 1. The van der Waals surface area contributed by atoms with Gasteiger partial charge in [-0.2, -0.15) is 0 Å². The number of piperazine rings is 1. The summed E-state index contributed by atoms with van der Waals surface area (Å²) in [5, 5.41) is 7.61. The average Bonchev–Trinajstić information content (AvgIpc) is 2.29. The minimum Gasteiger partial charge on any atom is -0.384 e. The molecule has 0 saturated carbocycles. The van der Waals surface area contributed by atoms with Crippen molar-refractivity contribution in [3.63, 3.8) is 0 Å². The summed E-state index contributed by atoms with van der Waals surface area (Å²) in [4.78, 5) is 9.03. The molecule has 0 bridgehead atoms. The van der Waals surface area contributed by atoms with Gasteiger partial charge in [0.15, 0.2) is 0 Å². The number of aromatic nitrogens is 1. The van der Waals surface area contributed by atoms with Crippen LogP contribution in [-0.4, -0.2) is 48.9 Å². The highest BCUT2D eigenvalue weighted by atomic mass is 15.3. The van der Waals surface area contributed by atoms with Crippen molar-refractivity contribution >= 4 is 11.7 Å². The number of rotatable bonds is 2. The highest BCUT2D eigenvalue weighted by molar-refractivity contribution is 5.99. The quantitative estimate of drug-likeness (QED) is 0.574. The fourth-order valence-electron chi connectivity index (χ4n) is 2.01. The number of hydrogen-bond acceptors (Lipinski definition) is 4. The Bertz CT molecular complexity index is 421. The molecule has 5 heteroatoms. The van der Waals surface area contributed by atoms with E-state index in [1.165, 1.54) is 0 Å². The lowest BCUT2D eigenvalue weighted by Gasteiger charge is -2.34. The second-order valence-electron chi connectivity index (χ2n) is 4.53. The second kappa shape index (κ2) is 4.71. The Balaban J connectivity index is 2.30. The minimum atomic E-state index is 0.0893. The van der Waals surface area contributed by atoms with Crippen LogP contribution in [0.1, 0.15) is 11.3 Å². The second-order valence-corrected chi connectivity index (χ2v) is 4.53. The monoisotopic (exact) mass is 233 g/mol. The fourth-order valence-corrected chi connectivity index (χ4v) is 2.01. The van der Waals surface area contributed by atoms with Gasteiger partial charge in [0, 0.05) is 31.9 Å². The molecule has 0 aromatic carbocycles. The first-order chi connectivity index (χ1) is 8.08. The zero-order valence-corrected chi connectivity index (χ0v) is 10.4. The summed E-state index contributed by atoms with van der Waals surface area (Å²) in [7, 11) is 2.12. The molecule has 1 aromatic rings. The lowest BCUT2D eigenvalue weighted by molar-refractivity contribution is 0.312. The van der Waals surface area contributed by atoms with Gasteiger partial charge in [0.25, 0.3) is 0 Å². The number of likely N-dealkylation sites (N-methyl/N-ethyl adjacent to an activating group) is 1. The number of nitrogen functional groups attached to an aromatic ring is 1. The maximum absolute atomic E-state index is 7.61. The number of amidine groups is 1. The van der Waals surface area contributed by atoms with Gasteiger partial charge >= 0.3 is 0 Å². The molecule has 3 N–H and O–H groups in total. The Morgan fingerprint density at radius 2 is 1.94 bits per heavy atom. The number of nitrogens with one attached hydrogen (secondary N) is 1. The number of hydrogen-bond donors (Lipinski definition) is 2. The van der Waals surface area contributed by atoms with Crippen molar-refractivity contribution in [3.05, 3.63) is 23.4 Å². The number of aryl methyl sites for hydroxylation is 1. The van der Waals surface area contributed by atoms with Gasteiger partial charge in [0.05, 0.1) is 5.56 Å². The molecule has 0 radical (unpaired) electrons. The Morgan fingerprint density at radius 3 is 2.53 bits per heavy atom. The molecule has 1 saturated heterocycles. The number of pyridine rings is 1. The van der Waals surface area contributed by atoms with E-state index in [1.54, 1.807) is 0 Å². The van der Waals surface area contributed by atoms with E-state index in [0.29, 0.717) is 0 Å². The summed E-state index contributed by atoms with van der Waals surface area (Å²) < 4.78 is 0. The number of nitrogens with zero attached hydrogens (tertiary/aromatic N) is 3. The molecule has 0 spiro atoms. The van der Waals surface area contributed by atoms with Crippen LogP contribution in [0.15, 0.2) is 12.1 Å². The van der Waals surface area contributed by atoms with Crippen molar-refractivity contribution < 1.29 is 0 Å². The van der Waals surface area contributed by atoms with Gasteiger partial charge in [-0.25, -0.2) is 4.98 Å².